The number of rotatable bonds is 2. The Labute approximate surface area is 124 Å². The van der Waals surface area contributed by atoms with Crippen LogP contribution >= 0.6 is 22.9 Å². The molecule has 0 radical (unpaired) electrons. The van der Waals surface area contributed by atoms with Crippen molar-refractivity contribution in [2.75, 3.05) is 5.32 Å². The quantitative estimate of drug-likeness (QED) is 0.781. The van der Waals surface area contributed by atoms with Crippen LogP contribution in [0, 0.1) is 6.92 Å². The number of halogens is 1. The van der Waals surface area contributed by atoms with Crippen LogP contribution in [0.1, 0.15) is 16.1 Å². The van der Waals surface area contributed by atoms with Crippen LogP contribution in [0.5, 0.6) is 0 Å². The van der Waals surface area contributed by atoms with E-state index in [0.717, 1.165) is 11.1 Å². The number of nitrogens with zero attached hydrogens (tertiary/aromatic N) is 2. The summed E-state index contributed by atoms with van der Waals surface area (Å²) in [6.45, 7) is 1.88. The molecule has 100 valence electrons. The van der Waals surface area contributed by atoms with Crippen molar-refractivity contribution in [2.24, 2.45) is 0 Å². The number of carbonyl (C=O) groups excluding carboxylic acids is 1. The van der Waals surface area contributed by atoms with Gasteiger partial charge in [0.15, 0.2) is 5.13 Å². The minimum absolute atomic E-state index is 0.259. The molecular weight excluding hydrogens is 294 g/mol. The fourth-order valence-electron chi connectivity index (χ4n) is 1.90. The number of aryl methyl sites for hydroxylation is 1. The zero-order chi connectivity index (χ0) is 14.1. The number of pyridine rings is 1. The molecule has 0 atom stereocenters. The molecular formula is C14H10ClN3OS. The largest absolute Gasteiger partial charge is 0.298 e. The van der Waals surface area contributed by atoms with Gasteiger partial charge in [0.25, 0.3) is 5.91 Å². The van der Waals surface area contributed by atoms with Crippen molar-refractivity contribution in [3.63, 3.8) is 0 Å². The zero-order valence-electron chi connectivity index (χ0n) is 10.6. The van der Waals surface area contributed by atoms with Crippen molar-refractivity contribution in [3.05, 3.63) is 52.1 Å². The van der Waals surface area contributed by atoms with Gasteiger partial charge in [-0.3, -0.25) is 15.1 Å². The van der Waals surface area contributed by atoms with Crippen LogP contribution in [0.4, 0.5) is 5.13 Å². The molecule has 0 saturated carbocycles. The average molecular weight is 304 g/mol. The summed E-state index contributed by atoms with van der Waals surface area (Å²) in [5.74, 6) is -0.259. The maximum atomic E-state index is 12.3. The molecule has 1 aromatic carbocycles. The van der Waals surface area contributed by atoms with Gasteiger partial charge in [-0.05, 0) is 25.1 Å². The van der Waals surface area contributed by atoms with Crippen LogP contribution in [0.15, 0.2) is 35.8 Å². The molecule has 2 aromatic heterocycles. The Balaban J connectivity index is 2.02. The fraction of sp³-hybridized carbons (Fsp3) is 0.0714. The first-order valence-electron chi connectivity index (χ1n) is 5.91. The SMILES string of the molecule is Cc1csc(NC(=O)c2cc(Cl)cc3cccnc23)n1. The maximum Gasteiger partial charge on any atom is 0.259 e. The maximum absolute atomic E-state index is 12.3. The van der Waals surface area contributed by atoms with Gasteiger partial charge in [-0.15, -0.1) is 11.3 Å². The lowest BCUT2D eigenvalue weighted by Gasteiger charge is -2.06. The van der Waals surface area contributed by atoms with Crippen LogP contribution in [0.2, 0.25) is 5.02 Å². The minimum atomic E-state index is -0.259. The highest BCUT2D eigenvalue weighted by Crippen LogP contribution is 2.24. The number of amides is 1. The van der Waals surface area contributed by atoms with E-state index in [0.29, 0.717) is 21.2 Å². The first-order valence-corrected chi connectivity index (χ1v) is 7.17. The highest BCUT2D eigenvalue weighted by Gasteiger charge is 2.14. The number of carbonyl (C=O) groups is 1. The molecule has 0 aliphatic rings. The third kappa shape index (κ3) is 2.50. The summed E-state index contributed by atoms with van der Waals surface area (Å²) in [5, 5.41) is 6.55. The summed E-state index contributed by atoms with van der Waals surface area (Å²) in [6.07, 6.45) is 1.65. The zero-order valence-corrected chi connectivity index (χ0v) is 12.1. The third-order valence-corrected chi connectivity index (χ3v) is 3.85. The lowest BCUT2D eigenvalue weighted by atomic mass is 10.1. The molecule has 0 fully saturated rings. The van der Waals surface area contributed by atoms with Crippen molar-refractivity contribution in [3.8, 4) is 0 Å². The Morgan fingerprint density at radius 2 is 2.25 bits per heavy atom. The lowest BCUT2D eigenvalue weighted by molar-refractivity contribution is 0.102. The second kappa shape index (κ2) is 5.19. The van der Waals surface area contributed by atoms with Crippen LogP contribution < -0.4 is 5.32 Å². The van der Waals surface area contributed by atoms with E-state index in [1.165, 1.54) is 11.3 Å². The Morgan fingerprint density at radius 3 is 3.00 bits per heavy atom. The van der Waals surface area contributed by atoms with E-state index in [4.69, 9.17) is 11.6 Å². The molecule has 0 saturated heterocycles. The van der Waals surface area contributed by atoms with Crippen molar-refractivity contribution < 1.29 is 4.79 Å². The molecule has 0 aliphatic heterocycles. The molecule has 0 aliphatic carbocycles. The molecule has 0 spiro atoms. The van der Waals surface area contributed by atoms with E-state index in [9.17, 15) is 4.79 Å². The first kappa shape index (κ1) is 13.0. The highest BCUT2D eigenvalue weighted by atomic mass is 35.5. The van der Waals surface area contributed by atoms with Gasteiger partial charge in [0.1, 0.15) is 0 Å². The number of fused-ring (bicyclic) bond motifs is 1. The van der Waals surface area contributed by atoms with Crippen molar-refractivity contribution >= 4 is 44.9 Å². The number of benzene rings is 1. The van der Waals surface area contributed by atoms with E-state index in [1.807, 2.05) is 24.4 Å². The van der Waals surface area contributed by atoms with Gasteiger partial charge in [0.05, 0.1) is 16.8 Å². The molecule has 6 heteroatoms. The molecule has 3 aromatic rings. The van der Waals surface area contributed by atoms with Crippen molar-refractivity contribution in [2.45, 2.75) is 6.92 Å². The van der Waals surface area contributed by atoms with Crippen LogP contribution in [0.25, 0.3) is 10.9 Å². The summed E-state index contributed by atoms with van der Waals surface area (Å²) in [5.41, 5.74) is 1.95. The van der Waals surface area contributed by atoms with Gasteiger partial charge in [0, 0.05) is 22.0 Å². The second-order valence-corrected chi connectivity index (χ2v) is 5.57. The summed E-state index contributed by atoms with van der Waals surface area (Å²) in [6, 6.07) is 7.09. The second-order valence-electron chi connectivity index (χ2n) is 4.28. The summed E-state index contributed by atoms with van der Waals surface area (Å²) in [7, 11) is 0. The smallest absolute Gasteiger partial charge is 0.259 e. The highest BCUT2D eigenvalue weighted by molar-refractivity contribution is 7.13. The molecule has 0 unspecified atom stereocenters. The summed E-state index contributed by atoms with van der Waals surface area (Å²) in [4.78, 5) is 20.8. The van der Waals surface area contributed by atoms with Gasteiger partial charge in [-0.25, -0.2) is 4.98 Å². The Morgan fingerprint density at radius 1 is 1.40 bits per heavy atom. The molecule has 1 amide bonds. The van der Waals surface area contributed by atoms with Crippen LogP contribution in [0.3, 0.4) is 0 Å². The fourth-order valence-corrected chi connectivity index (χ4v) is 2.81. The molecule has 4 nitrogen and oxygen atoms in total. The number of nitrogens with one attached hydrogen (secondary N) is 1. The van der Waals surface area contributed by atoms with Gasteiger partial charge >= 0.3 is 0 Å². The van der Waals surface area contributed by atoms with Crippen LogP contribution in [-0.4, -0.2) is 15.9 Å². The van der Waals surface area contributed by atoms with Crippen LogP contribution in [-0.2, 0) is 0 Å². The minimum Gasteiger partial charge on any atom is -0.298 e. The van der Waals surface area contributed by atoms with E-state index < -0.39 is 0 Å². The van der Waals surface area contributed by atoms with Gasteiger partial charge in [-0.2, -0.15) is 0 Å². The number of anilines is 1. The number of aromatic nitrogens is 2. The van der Waals surface area contributed by atoms with E-state index in [-0.39, 0.29) is 5.91 Å². The Kier molecular flexibility index (Phi) is 3.38. The predicted octanol–water partition coefficient (Wildman–Crippen LogP) is 3.91. The number of hydrogen-bond acceptors (Lipinski definition) is 4. The molecule has 20 heavy (non-hydrogen) atoms. The lowest BCUT2D eigenvalue weighted by Crippen LogP contribution is -2.12. The van der Waals surface area contributed by atoms with Crippen molar-refractivity contribution in [1.29, 1.82) is 0 Å². The van der Waals surface area contributed by atoms with Gasteiger partial charge in [0.2, 0.25) is 0 Å². The topological polar surface area (TPSA) is 54.9 Å². The standard InChI is InChI=1S/C14H10ClN3OS/c1-8-7-20-14(17-8)18-13(19)11-6-10(15)5-9-3-2-4-16-12(9)11/h2-7H,1H3,(H,17,18,19). The van der Waals surface area contributed by atoms with Gasteiger partial charge in [-0.1, -0.05) is 17.7 Å². The number of hydrogen-bond donors (Lipinski definition) is 1. The summed E-state index contributed by atoms with van der Waals surface area (Å²) >= 11 is 7.44. The normalized spacial score (nSPS) is 10.7. The molecule has 3 rings (SSSR count). The molecule has 0 bridgehead atoms. The van der Waals surface area contributed by atoms with E-state index in [2.05, 4.69) is 15.3 Å². The Bertz CT molecular complexity index is 800. The van der Waals surface area contributed by atoms with Gasteiger partial charge < -0.3 is 0 Å². The average Bonchev–Trinajstić information content (AvgIpc) is 2.83. The Hall–Kier alpha value is -1.98. The summed E-state index contributed by atoms with van der Waals surface area (Å²) < 4.78 is 0. The van der Waals surface area contributed by atoms with Crippen molar-refractivity contribution in [1.82, 2.24) is 9.97 Å². The predicted molar refractivity (Wildman–Crippen MR) is 81.6 cm³/mol. The third-order valence-electron chi connectivity index (χ3n) is 2.75. The van der Waals surface area contributed by atoms with E-state index in [1.54, 1.807) is 18.3 Å². The number of thiazole rings is 1. The van der Waals surface area contributed by atoms with E-state index >= 15 is 0 Å². The molecule has 2 heterocycles. The monoisotopic (exact) mass is 303 g/mol. The first-order chi connectivity index (χ1) is 9.63. The molecule has 1 N–H and O–H groups in total.